The SMILES string of the molecule is CC[C@H](C)NC(=O)[C@H](CC)N(Cc1ccccc1C)C(=O)CSCc1ccc(OC)cc1. The van der Waals surface area contributed by atoms with Crippen LogP contribution in [0.5, 0.6) is 5.75 Å². The van der Waals surface area contributed by atoms with E-state index in [1.54, 1.807) is 23.8 Å². The van der Waals surface area contributed by atoms with E-state index in [2.05, 4.69) is 5.32 Å². The third kappa shape index (κ3) is 7.59. The van der Waals surface area contributed by atoms with Crippen LogP contribution < -0.4 is 10.1 Å². The zero-order valence-electron chi connectivity index (χ0n) is 19.9. The molecule has 0 aliphatic rings. The van der Waals surface area contributed by atoms with Crippen LogP contribution in [0.2, 0.25) is 0 Å². The van der Waals surface area contributed by atoms with Crippen molar-refractivity contribution in [2.75, 3.05) is 12.9 Å². The van der Waals surface area contributed by atoms with E-state index in [1.807, 2.05) is 76.2 Å². The maximum absolute atomic E-state index is 13.3. The molecule has 0 heterocycles. The Bertz CT molecular complexity index is 870. The predicted octanol–water partition coefficient (Wildman–Crippen LogP) is 4.96. The molecule has 32 heavy (non-hydrogen) atoms. The lowest BCUT2D eigenvalue weighted by Gasteiger charge is -2.32. The van der Waals surface area contributed by atoms with Gasteiger partial charge in [0.1, 0.15) is 11.8 Å². The van der Waals surface area contributed by atoms with Gasteiger partial charge in [-0.1, -0.05) is 50.2 Å². The first-order chi connectivity index (χ1) is 15.4. The van der Waals surface area contributed by atoms with E-state index in [-0.39, 0.29) is 17.9 Å². The molecule has 5 nitrogen and oxygen atoms in total. The summed E-state index contributed by atoms with van der Waals surface area (Å²) in [6.07, 6.45) is 1.43. The number of rotatable bonds is 12. The molecule has 6 heteroatoms. The second-order valence-electron chi connectivity index (χ2n) is 8.03. The molecular weight excluding hydrogens is 420 g/mol. The first-order valence-corrected chi connectivity index (χ1v) is 12.4. The van der Waals surface area contributed by atoms with Gasteiger partial charge in [-0.3, -0.25) is 9.59 Å². The van der Waals surface area contributed by atoms with Gasteiger partial charge >= 0.3 is 0 Å². The fourth-order valence-corrected chi connectivity index (χ4v) is 4.26. The summed E-state index contributed by atoms with van der Waals surface area (Å²) in [5.41, 5.74) is 3.32. The summed E-state index contributed by atoms with van der Waals surface area (Å²) >= 11 is 1.57. The summed E-state index contributed by atoms with van der Waals surface area (Å²) in [6, 6.07) is 15.5. The van der Waals surface area contributed by atoms with E-state index < -0.39 is 6.04 Å². The number of hydrogen-bond donors (Lipinski definition) is 1. The first-order valence-electron chi connectivity index (χ1n) is 11.2. The minimum absolute atomic E-state index is 0.0158. The van der Waals surface area contributed by atoms with Crippen LogP contribution in [0.3, 0.4) is 0 Å². The van der Waals surface area contributed by atoms with Crippen LogP contribution in [-0.2, 0) is 21.9 Å². The summed E-state index contributed by atoms with van der Waals surface area (Å²) < 4.78 is 5.20. The van der Waals surface area contributed by atoms with Gasteiger partial charge in [-0.05, 0) is 55.5 Å². The zero-order valence-corrected chi connectivity index (χ0v) is 20.7. The number of ether oxygens (including phenoxy) is 1. The molecule has 0 spiro atoms. The van der Waals surface area contributed by atoms with Crippen LogP contribution in [0.1, 0.15) is 50.3 Å². The normalized spacial score (nSPS) is 12.7. The van der Waals surface area contributed by atoms with Crippen molar-refractivity contribution in [1.82, 2.24) is 10.2 Å². The fourth-order valence-electron chi connectivity index (χ4n) is 3.39. The molecule has 2 rings (SSSR count). The van der Waals surface area contributed by atoms with Crippen LogP contribution in [0, 0.1) is 6.92 Å². The maximum atomic E-state index is 13.3. The molecule has 2 atom stereocenters. The van der Waals surface area contributed by atoms with Crippen molar-refractivity contribution in [3.63, 3.8) is 0 Å². The van der Waals surface area contributed by atoms with Gasteiger partial charge in [-0.15, -0.1) is 11.8 Å². The average Bonchev–Trinajstić information content (AvgIpc) is 2.80. The lowest BCUT2D eigenvalue weighted by molar-refractivity contribution is -0.139. The molecule has 0 unspecified atom stereocenters. The molecular formula is C26H36N2O3S. The van der Waals surface area contributed by atoms with E-state index in [4.69, 9.17) is 4.74 Å². The molecule has 2 amide bonds. The number of benzene rings is 2. The van der Waals surface area contributed by atoms with Crippen LogP contribution in [0.15, 0.2) is 48.5 Å². The second-order valence-corrected chi connectivity index (χ2v) is 9.02. The molecule has 2 aromatic carbocycles. The Hall–Kier alpha value is -2.47. The highest BCUT2D eigenvalue weighted by atomic mass is 32.2. The number of amides is 2. The summed E-state index contributed by atoms with van der Waals surface area (Å²) in [5.74, 6) is 1.77. The average molecular weight is 457 g/mol. The van der Waals surface area contributed by atoms with Crippen LogP contribution in [-0.4, -0.2) is 41.7 Å². The van der Waals surface area contributed by atoms with E-state index in [9.17, 15) is 9.59 Å². The summed E-state index contributed by atoms with van der Waals surface area (Å²) in [4.78, 5) is 28.1. The van der Waals surface area contributed by atoms with Gasteiger partial charge < -0.3 is 15.0 Å². The summed E-state index contributed by atoms with van der Waals surface area (Å²) in [6.45, 7) is 8.46. The Balaban J connectivity index is 2.13. The van der Waals surface area contributed by atoms with Crippen LogP contribution in [0.25, 0.3) is 0 Å². The predicted molar refractivity (Wildman–Crippen MR) is 133 cm³/mol. The Morgan fingerprint density at radius 1 is 1.06 bits per heavy atom. The van der Waals surface area contributed by atoms with Crippen molar-refractivity contribution in [1.29, 1.82) is 0 Å². The largest absolute Gasteiger partial charge is 0.497 e. The first kappa shape index (κ1) is 25.8. The standard InChI is InChI=1S/C26H36N2O3S/c1-6-20(4)27-26(30)24(7-2)28(16-22-11-9-8-10-19(22)3)25(29)18-32-17-21-12-14-23(31-5)15-13-21/h8-15,20,24H,6-7,16-18H2,1-5H3,(H,27,30)/t20-,24-/m0/s1. The number of aryl methyl sites for hydroxylation is 1. The number of hydrogen-bond acceptors (Lipinski definition) is 4. The number of carbonyl (C=O) groups excluding carboxylic acids is 2. The molecule has 0 saturated heterocycles. The topological polar surface area (TPSA) is 58.6 Å². The summed E-state index contributed by atoms with van der Waals surface area (Å²) in [7, 11) is 1.65. The molecule has 0 aliphatic heterocycles. The third-order valence-electron chi connectivity index (χ3n) is 5.64. The quantitative estimate of drug-likeness (QED) is 0.490. The highest BCUT2D eigenvalue weighted by Gasteiger charge is 2.29. The van der Waals surface area contributed by atoms with Crippen LogP contribution >= 0.6 is 11.8 Å². The number of thioether (sulfide) groups is 1. The Labute approximate surface area is 196 Å². The van der Waals surface area contributed by atoms with Gasteiger partial charge in [-0.2, -0.15) is 0 Å². The van der Waals surface area contributed by atoms with Crippen molar-refractivity contribution in [3.8, 4) is 5.75 Å². The molecule has 2 aromatic rings. The van der Waals surface area contributed by atoms with Crippen molar-refractivity contribution < 1.29 is 14.3 Å². The van der Waals surface area contributed by atoms with Gasteiger partial charge in [0, 0.05) is 18.3 Å². The molecule has 0 radical (unpaired) electrons. The number of nitrogens with one attached hydrogen (secondary N) is 1. The molecule has 0 bridgehead atoms. The Morgan fingerprint density at radius 2 is 1.75 bits per heavy atom. The van der Waals surface area contributed by atoms with Crippen molar-refractivity contribution in [3.05, 3.63) is 65.2 Å². The Morgan fingerprint density at radius 3 is 2.34 bits per heavy atom. The monoisotopic (exact) mass is 456 g/mol. The van der Waals surface area contributed by atoms with Gasteiger partial charge in [0.15, 0.2) is 0 Å². The van der Waals surface area contributed by atoms with Gasteiger partial charge in [0.2, 0.25) is 11.8 Å². The molecule has 0 aromatic heterocycles. The van der Waals surface area contributed by atoms with Crippen molar-refractivity contribution in [2.45, 2.75) is 64.9 Å². The fraction of sp³-hybridized carbons (Fsp3) is 0.462. The number of nitrogens with zero attached hydrogens (tertiary/aromatic N) is 1. The van der Waals surface area contributed by atoms with Gasteiger partial charge in [-0.25, -0.2) is 0 Å². The molecule has 1 N–H and O–H groups in total. The van der Waals surface area contributed by atoms with Crippen molar-refractivity contribution in [2.24, 2.45) is 0 Å². The zero-order chi connectivity index (χ0) is 23.5. The second kappa shape index (κ2) is 13.2. The van der Waals surface area contributed by atoms with E-state index in [0.29, 0.717) is 18.7 Å². The van der Waals surface area contributed by atoms with E-state index in [1.165, 1.54) is 0 Å². The van der Waals surface area contributed by atoms with Crippen molar-refractivity contribution >= 4 is 23.6 Å². The van der Waals surface area contributed by atoms with Crippen LogP contribution in [0.4, 0.5) is 0 Å². The molecule has 0 saturated carbocycles. The highest BCUT2D eigenvalue weighted by molar-refractivity contribution is 7.99. The highest BCUT2D eigenvalue weighted by Crippen LogP contribution is 2.20. The van der Waals surface area contributed by atoms with E-state index in [0.717, 1.165) is 34.6 Å². The minimum atomic E-state index is -0.488. The number of carbonyl (C=O) groups is 2. The molecule has 0 aliphatic carbocycles. The maximum Gasteiger partial charge on any atom is 0.243 e. The van der Waals surface area contributed by atoms with E-state index >= 15 is 0 Å². The summed E-state index contributed by atoms with van der Waals surface area (Å²) in [5, 5.41) is 3.06. The Kier molecular flexibility index (Phi) is 10.6. The molecule has 0 fully saturated rings. The lowest BCUT2D eigenvalue weighted by Crippen LogP contribution is -2.51. The van der Waals surface area contributed by atoms with Gasteiger partial charge in [0.25, 0.3) is 0 Å². The molecule has 174 valence electrons. The minimum Gasteiger partial charge on any atom is -0.497 e. The third-order valence-corrected chi connectivity index (χ3v) is 6.63. The smallest absolute Gasteiger partial charge is 0.243 e. The lowest BCUT2D eigenvalue weighted by atomic mass is 10.1. The number of methoxy groups -OCH3 is 1. The van der Waals surface area contributed by atoms with Gasteiger partial charge in [0.05, 0.1) is 12.9 Å².